The van der Waals surface area contributed by atoms with Gasteiger partial charge in [0, 0.05) is 0 Å². The number of hydrogen-bond donors (Lipinski definition) is 2. The highest BCUT2D eigenvalue weighted by Crippen LogP contribution is 2.50. The summed E-state index contributed by atoms with van der Waals surface area (Å²) < 4.78 is 10.00. The van der Waals surface area contributed by atoms with Crippen LogP contribution in [0.25, 0.3) is 0 Å². The van der Waals surface area contributed by atoms with Crippen LogP contribution in [-0.2, 0) is 4.57 Å². The van der Waals surface area contributed by atoms with Gasteiger partial charge in [-0.15, -0.1) is 0 Å². The van der Waals surface area contributed by atoms with Crippen molar-refractivity contribution in [1.29, 1.82) is 0 Å². The van der Waals surface area contributed by atoms with Crippen molar-refractivity contribution in [2.75, 3.05) is 0 Å². The molecule has 0 atom stereocenters. The first-order valence-electron chi connectivity index (χ1n) is 1.91. The summed E-state index contributed by atoms with van der Waals surface area (Å²) in [5, 5.41) is 1.36. The fraction of sp³-hybridized carbons (Fsp3) is 0.333. The summed E-state index contributed by atoms with van der Waals surface area (Å²) in [6.45, 7) is -2.16. The normalized spacial score (nSPS) is 12.9. The second-order valence-corrected chi connectivity index (χ2v) is 4.59. The van der Waals surface area contributed by atoms with Crippen molar-refractivity contribution in [2.45, 2.75) is 6.92 Å². The maximum atomic E-state index is 10.00. The van der Waals surface area contributed by atoms with E-state index in [1.165, 1.54) is 5.41 Å². The summed E-state index contributed by atoms with van der Waals surface area (Å²) in [7, 11) is 0. The van der Waals surface area contributed by atoms with Crippen LogP contribution in [-0.4, -0.2) is 9.79 Å². The van der Waals surface area contributed by atoms with Gasteiger partial charge in [0.15, 0.2) is 0 Å². The molecule has 3 nitrogen and oxygen atoms in total. The molecule has 0 bridgehead atoms. The Kier molecular flexibility index (Phi) is 3.40. The molecule has 0 aliphatic heterocycles. The average Bonchev–Trinajstić information content (AvgIpc) is 1.59. The summed E-state index contributed by atoms with van der Waals surface area (Å²) in [5.41, 5.74) is 0. The van der Waals surface area contributed by atoms with E-state index in [1.807, 2.05) is 0 Å². The lowest BCUT2D eigenvalue weighted by Gasteiger charge is -1.93. The van der Waals surface area contributed by atoms with Crippen LogP contribution < -0.4 is 0 Å². The highest BCUT2D eigenvalue weighted by Gasteiger charge is 2.09. The van der Waals surface area contributed by atoms with Gasteiger partial charge in [-0.25, -0.2) is 4.57 Å². The summed E-state index contributed by atoms with van der Waals surface area (Å²) >= 11 is 0.520. The third-order valence-electron chi connectivity index (χ3n) is 0.334. The Bertz CT molecular complexity index is 126. The maximum Gasteiger partial charge on any atom is 0.388 e. The number of rotatable bonds is 2. The molecule has 0 aromatic rings. The van der Waals surface area contributed by atoms with Crippen molar-refractivity contribution in [1.82, 2.24) is 0 Å². The minimum atomic E-state index is -3.85. The SMILES string of the molecule is CC=CSP(=O)(O)O. The molecule has 8 heavy (non-hydrogen) atoms. The summed E-state index contributed by atoms with van der Waals surface area (Å²) in [4.78, 5) is 16.3. The van der Waals surface area contributed by atoms with Crippen molar-refractivity contribution in [3.63, 3.8) is 0 Å². The van der Waals surface area contributed by atoms with Crippen LogP contribution in [0.5, 0.6) is 0 Å². The standard InChI is InChI=1S/C3H7O3PS/c1-2-3-8-7(4,5)6/h2-3H,1H3,(H2,4,5,6). The van der Waals surface area contributed by atoms with E-state index >= 15 is 0 Å². The van der Waals surface area contributed by atoms with Crippen LogP contribution in [0.4, 0.5) is 0 Å². The third-order valence-corrected chi connectivity index (χ3v) is 2.19. The molecule has 0 aliphatic carbocycles. The van der Waals surface area contributed by atoms with Crippen LogP contribution in [0.3, 0.4) is 0 Å². The van der Waals surface area contributed by atoms with Crippen molar-refractivity contribution >= 4 is 18.2 Å². The van der Waals surface area contributed by atoms with Gasteiger partial charge in [-0.3, -0.25) is 0 Å². The molecule has 0 spiro atoms. The zero-order valence-electron chi connectivity index (χ0n) is 4.31. The van der Waals surface area contributed by atoms with E-state index in [0.29, 0.717) is 11.4 Å². The molecule has 0 unspecified atom stereocenters. The molecule has 0 aromatic carbocycles. The predicted octanol–water partition coefficient (Wildman–Crippen LogP) is 1.35. The van der Waals surface area contributed by atoms with Crippen LogP contribution >= 0.6 is 18.2 Å². The van der Waals surface area contributed by atoms with Gasteiger partial charge < -0.3 is 9.79 Å². The summed E-state index contributed by atoms with van der Waals surface area (Å²) in [6.07, 6.45) is 1.57. The number of allylic oxidation sites excluding steroid dienone is 1. The maximum absolute atomic E-state index is 10.00. The first-order chi connectivity index (χ1) is 3.56. The van der Waals surface area contributed by atoms with Crippen molar-refractivity contribution in [3.05, 3.63) is 11.5 Å². The Morgan fingerprint density at radius 2 is 2.12 bits per heavy atom. The van der Waals surface area contributed by atoms with Gasteiger partial charge >= 0.3 is 6.80 Å². The lowest BCUT2D eigenvalue weighted by Crippen LogP contribution is -1.62. The highest BCUT2D eigenvalue weighted by molar-refractivity contribution is 8.56. The van der Waals surface area contributed by atoms with Crippen molar-refractivity contribution < 1.29 is 14.4 Å². The van der Waals surface area contributed by atoms with E-state index in [2.05, 4.69) is 0 Å². The molecule has 0 saturated carbocycles. The van der Waals surface area contributed by atoms with Crippen LogP contribution in [0.1, 0.15) is 6.92 Å². The van der Waals surface area contributed by atoms with Gasteiger partial charge in [0.25, 0.3) is 0 Å². The first kappa shape index (κ1) is 8.24. The Balaban J connectivity index is 3.57. The first-order valence-corrected chi connectivity index (χ1v) is 5.01. The molecular formula is C3H7O3PS. The molecule has 0 amide bonds. The van der Waals surface area contributed by atoms with Crippen molar-refractivity contribution in [2.24, 2.45) is 0 Å². The fourth-order valence-corrected chi connectivity index (χ4v) is 1.26. The van der Waals surface area contributed by atoms with Crippen molar-refractivity contribution in [3.8, 4) is 0 Å². The van der Waals surface area contributed by atoms with E-state index in [1.54, 1.807) is 13.0 Å². The molecule has 0 aliphatic rings. The van der Waals surface area contributed by atoms with Gasteiger partial charge in [-0.05, 0) is 23.7 Å². The van der Waals surface area contributed by atoms with E-state index in [9.17, 15) is 4.57 Å². The smallest absolute Gasteiger partial charge is 0.316 e. The Hall–Kier alpha value is 0.240. The Labute approximate surface area is 51.7 Å². The van der Waals surface area contributed by atoms with E-state index in [-0.39, 0.29) is 0 Å². The number of hydrogen-bond acceptors (Lipinski definition) is 2. The van der Waals surface area contributed by atoms with Crippen LogP contribution in [0.15, 0.2) is 11.5 Å². The van der Waals surface area contributed by atoms with E-state index < -0.39 is 6.80 Å². The second-order valence-electron chi connectivity index (χ2n) is 1.07. The van der Waals surface area contributed by atoms with E-state index in [0.717, 1.165) is 0 Å². The lowest BCUT2D eigenvalue weighted by atomic mass is 10.8. The zero-order valence-corrected chi connectivity index (χ0v) is 6.02. The van der Waals surface area contributed by atoms with E-state index in [4.69, 9.17) is 9.79 Å². The molecule has 0 fully saturated rings. The lowest BCUT2D eigenvalue weighted by molar-refractivity contribution is 0.397. The van der Waals surface area contributed by atoms with Gasteiger partial charge in [0.1, 0.15) is 0 Å². The van der Waals surface area contributed by atoms with Gasteiger partial charge in [0.2, 0.25) is 0 Å². The highest BCUT2D eigenvalue weighted by atomic mass is 32.7. The van der Waals surface area contributed by atoms with Gasteiger partial charge in [-0.1, -0.05) is 6.08 Å². The van der Waals surface area contributed by atoms with Crippen LogP contribution in [0, 0.1) is 0 Å². The molecule has 48 valence electrons. The molecule has 2 N–H and O–H groups in total. The van der Waals surface area contributed by atoms with Crippen LogP contribution in [0.2, 0.25) is 0 Å². The summed E-state index contributed by atoms with van der Waals surface area (Å²) in [5.74, 6) is 0. The quantitative estimate of drug-likeness (QED) is 0.589. The predicted molar refractivity (Wildman–Crippen MR) is 34.4 cm³/mol. The fourth-order valence-electron chi connectivity index (χ4n) is 0.140. The van der Waals surface area contributed by atoms with Gasteiger partial charge in [-0.2, -0.15) is 0 Å². The zero-order chi connectivity index (χ0) is 6.62. The average molecular weight is 154 g/mol. The summed E-state index contributed by atoms with van der Waals surface area (Å²) in [6, 6.07) is 0. The molecule has 5 heteroatoms. The monoisotopic (exact) mass is 154 g/mol. The molecule has 0 aromatic heterocycles. The molecule has 0 radical (unpaired) electrons. The Morgan fingerprint density at radius 1 is 1.62 bits per heavy atom. The molecule has 0 rings (SSSR count). The Morgan fingerprint density at radius 3 is 2.25 bits per heavy atom. The molecular weight excluding hydrogens is 147 g/mol. The van der Waals surface area contributed by atoms with Gasteiger partial charge in [0.05, 0.1) is 0 Å². The minimum Gasteiger partial charge on any atom is -0.316 e. The molecule has 0 saturated heterocycles. The minimum absolute atomic E-state index is 0.520. The topological polar surface area (TPSA) is 57.5 Å². The largest absolute Gasteiger partial charge is 0.388 e. The third kappa shape index (κ3) is 6.24. The molecule has 0 heterocycles. The second kappa shape index (κ2) is 3.30.